The summed E-state index contributed by atoms with van der Waals surface area (Å²) in [6.07, 6.45) is -4.96. The molecule has 0 fully saturated rings. The van der Waals surface area contributed by atoms with E-state index in [0.717, 1.165) is 11.1 Å². The first-order valence-corrected chi connectivity index (χ1v) is 4.96. The van der Waals surface area contributed by atoms with Crippen LogP contribution in [-0.2, 0) is 6.42 Å². The summed E-state index contributed by atoms with van der Waals surface area (Å²) >= 11 is 0. The number of alkyl halides is 3. The fourth-order valence-corrected chi connectivity index (χ4v) is 1.73. The van der Waals surface area contributed by atoms with E-state index < -0.39 is 12.6 Å². The normalized spacial score (nSPS) is 12.2. The molecule has 1 rings (SSSR count). The van der Waals surface area contributed by atoms with Crippen molar-refractivity contribution in [1.82, 2.24) is 0 Å². The lowest BCUT2D eigenvalue weighted by atomic mass is 9.95. The molecule has 84 valence electrons. The van der Waals surface area contributed by atoms with E-state index in [-0.39, 0.29) is 0 Å². The van der Waals surface area contributed by atoms with Crippen molar-refractivity contribution in [3.63, 3.8) is 0 Å². The van der Waals surface area contributed by atoms with Gasteiger partial charge in [0.1, 0.15) is 0 Å². The second kappa shape index (κ2) is 4.25. The summed E-state index contributed by atoms with van der Waals surface area (Å²) in [5.74, 6) is 0.352. The van der Waals surface area contributed by atoms with Gasteiger partial charge < -0.3 is 0 Å². The summed E-state index contributed by atoms with van der Waals surface area (Å²) in [5, 5.41) is 0. The number of rotatable bonds is 2. The minimum absolute atomic E-state index is 0.337. The predicted octanol–water partition coefficient (Wildman–Crippen LogP) is 4.22. The van der Waals surface area contributed by atoms with E-state index in [2.05, 4.69) is 0 Å². The van der Waals surface area contributed by atoms with Gasteiger partial charge >= 0.3 is 6.18 Å². The van der Waals surface area contributed by atoms with Gasteiger partial charge in [0.05, 0.1) is 6.42 Å². The van der Waals surface area contributed by atoms with Crippen molar-refractivity contribution in [3.8, 4) is 0 Å². The molecule has 0 bridgehead atoms. The van der Waals surface area contributed by atoms with Gasteiger partial charge in [0.2, 0.25) is 0 Å². The zero-order chi connectivity index (χ0) is 11.6. The first-order valence-electron chi connectivity index (χ1n) is 4.96. The van der Waals surface area contributed by atoms with Crippen LogP contribution in [0.3, 0.4) is 0 Å². The van der Waals surface area contributed by atoms with E-state index in [1.54, 1.807) is 18.2 Å². The second-order valence-corrected chi connectivity index (χ2v) is 4.14. The molecule has 0 saturated heterocycles. The number of benzene rings is 1. The van der Waals surface area contributed by atoms with Gasteiger partial charge in [0.15, 0.2) is 0 Å². The van der Waals surface area contributed by atoms with Crippen molar-refractivity contribution in [1.29, 1.82) is 0 Å². The quantitative estimate of drug-likeness (QED) is 0.694. The van der Waals surface area contributed by atoms with Gasteiger partial charge in [-0.25, -0.2) is 0 Å². The summed E-state index contributed by atoms with van der Waals surface area (Å²) in [6.45, 7) is 5.92. The highest BCUT2D eigenvalue weighted by Gasteiger charge is 2.27. The maximum atomic E-state index is 12.1. The highest BCUT2D eigenvalue weighted by atomic mass is 19.4. The highest BCUT2D eigenvalue weighted by Crippen LogP contribution is 2.25. The molecule has 0 aliphatic heterocycles. The Hall–Kier alpha value is -0.990. The number of hydrogen-bond donors (Lipinski definition) is 0. The van der Waals surface area contributed by atoms with Gasteiger partial charge in [-0.15, -0.1) is 0 Å². The minimum atomic E-state index is -4.12. The molecule has 0 atom stereocenters. The molecule has 0 aliphatic carbocycles. The molecule has 3 heteroatoms. The highest BCUT2D eigenvalue weighted by molar-refractivity contribution is 5.33. The van der Waals surface area contributed by atoms with Crippen molar-refractivity contribution in [2.24, 2.45) is 0 Å². The lowest BCUT2D eigenvalue weighted by molar-refractivity contribution is -0.127. The van der Waals surface area contributed by atoms with Gasteiger partial charge in [-0.2, -0.15) is 13.2 Å². The van der Waals surface area contributed by atoms with Gasteiger partial charge in [-0.1, -0.05) is 32.0 Å². The lowest BCUT2D eigenvalue weighted by Gasteiger charge is -2.12. The van der Waals surface area contributed by atoms with E-state index in [1.165, 1.54) is 0 Å². The molecule has 0 saturated carbocycles. The molecular formula is C12H15F3. The summed E-state index contributed by atoms with van der Waals surface area (Å²) < 4.78 is 36.4. The Labute approximate surface area is 88.1 Å². The Kier molecular flexibility index (Phi) is 3.42. The van der Waals surface area contributed by atoms with E-state index >= 15 is 0 Å². The third kappa shape index (κ3) is 3.57. The molecule has 0 unspecified atom stereocenters. The van der Waals surface area contributed by atoms with Gasteiger partial charge in [-0.05, 0) is 29.5 Å². The summed E-state index contributed by atoms with van der Waals surface area (Å²) in [4.78, 5) is 0. The van der Waals surface area contributed by atoms with E-state index in [9.17, 15) is 13.2 Å². The van der Waals surface area contributed by atoms with Crippen LogP contribution in [0.5, 0.6) is 0 Å². The molecule has 1 aromatic rings. The smallest absolute Gasteiger partial charge is 0.171 e. The van der Waals surface area contributed by atoms with Crippen LogP contribution in [0, 0.1) is 6.92 Å². The molecule has 0 heterocycles. The Balaban J connectivity index is 2.92. The van der Waals surface area contributed by atoms with Crippen LogP contribution in [0.1, 0.15) is 36.5 Å². The molecule has 0 spiro atoms. The molecular weight excluding hydrogens is 201 g/mol. The predicted molar refractivity (Wildman–Crippen MR) is 55.0 cm³/mol. The van der Waals surface area contributed by atoms with Crippen molar-refractivity contribution in [2.75, 3.05) is 0 Å². The van der Waals surface area contributed by atoms with Gasteiger partial charge in [0.25, 0.3) is 0 Å². The first kappa shape index (κ1) is 12.1. The molecule has 1 aromatic carbocycles. The van der Waals surface area contributed by atoms with Crippen LogP contribution in [0.15, 0.2) is 18.2 Å². The zero-order valence-electron chi connectivity index (χ0n) is 9.15. The molecule has 0 aliphatic rings. The largest absolute Gasteiger partial charge is 0.393 e. The molecule has 0 N–H and O–H groups in total. The molecule has 0 amide bonds. The Morgan fingerprint density at radius 1 is 1.20 bits per heavy atom. The molecule has 0 radical (unpaired) electrons. The van der Waals surface area contributed by atoms with E-state index in [1.807, 2.05) is 20.8 Å². The first-order chi connectivity index (χ1) is 6.79. The Morgan fingerprint density at radius 2 is 1.80 bits per heavy atom. The minimum Gasteiger partial charge on any atom is -0.171 e. The summed E-state index contributed by atoms with van der Waals surface area (Å²) in [6, 6.07) is 4.99. The zero-order valence-corrected chi connectivity index (χ0v) is 9.15. The van der Waals surface area contributed by atoms with Crippen LogP contribution in [0.2, 0.25) is 0 Å². The topological polar surface area (TPSA) is 0 Å². The molecule has 0 aromatic heterocycles. The molecule has 15 heavy (non-hydrogen) atoms. The average Bonchev–Trinajstić information content (AvgIpc) is 1.99. The van der Waals surface area contributed by atoms with Crippen LogP contribution in [-0.4, -0.2) is 6.18 Å². The summed E-state index contributed by atoms with van der Waals surface area (Å²) in [5.41, 5.74) is 2.39. The molecule has 0 nitrogen and oxygen atoms in total. The Bertz CT molecular complexity index is 337. The van der Waals surface area contributed by atoms with Crippen molar-refractivity contribution >= 4 is 0 Å². The van der Waals surface area contributed by atoms with Crippen LogP contribution >= 0.6 is 0 Å². The van der Waals surface area contributed by atoms with Crippen LogP contribution in [0.4, 0.5) is 13.2 Å². The number of hydrogen-bond acceptors (Lipinski definition) is 0. The second-order valence-electron chi connectivity index (χ2n) is 4.14. The lowest BCUT2D eigenvalue weighted by Crippen LogP contribution is -2.11. The fraction of sp³-hybridized carbons (Fsp3) is 0.500. The maximum absolute atomic E-state index is 12.1. The monoisotopic (exact) mass is 216 g/mol. The van der Waals surface area contributed by atoms with Gasteiger partial charge in [-0.3, -0.25) is 0 Å². The van der Waals surface area contributed by atoms with Crippen molar-refractivity contribution < 1.29 is 13.2 Å². The van der Waals surface area contributed by atoms with E-state index in [0.29, 0.717) is 11.5 Å². The fourth-order valence-electron chi connectivity index (χ4n) is 1.73. The average molecular weight is 216 g/mol. The maximum Gasteiger partial charge on any atom is 0.393 e. The third-order valence-electron chi connectivity index (χ3n) is 2.36. The number of halogens is 3. The Morgan fingerprint density at radius 3 is 2.20 bits per heavy atom. The van der Waals surface area contributed by atoms with Gasteiger partial charge in [0, 0.05) is 0 Å². The summed E-state index contributed by atoms with van der Waals surface area (Å²) in [7, 11) is 0. The van der Waals surface area contributed by atoms with Crippen molar-refractivity contribution in [2.45, 2.75) is 39.3 Å². The standard InChI is InChI=1S/C12H15F3/c1-8(2)11-5-4-10(6-9(11)3)7-12(13,14)15/h4-6,8H,7H2,1-3H3. The third-order valence-corrected chi connectivity index (χ3v) is 2.36. The van der Waals surface area contributed by atoms with E-state index in [4.69, 9.17) is 0 Å². The number of aryl methyl sites for hydroxylation is 1. The SMILES string of the molecule is Cc1cc(CC(F)(F)F)ccc1C(C)C. The van der Waals surface area contributed by atoms with Crippen LogP contribution in [0.25, 0.3) is 0 Å². The van der Waals surface area contributed by atoms with Crippen molar-refractivity contribution in [3.05, 3.63) is 34.9 Å². The van der Waals surface area contributed by atoms with Crippen LogP contribution < -0.4 is 0 Å².